The SMILES string of the molecule is O=C(O)CNC(=O)c1ccc(S(=O)(=O)NCc2cccnc2)cc1. The van der Waals surface area contributed by atoms with Gasteiger partial charge in [-0.1, -0.05) is 6.07 Å². The Morgan fingerprint density at radius 2 is 1.83 bits per heavy atom. The average Bonchev–Trinajstić information content (AvgIpc) is 2.59. The fraction of sp³-hybridized carbons (Fsp3) is 0.133. The lowest BCUT2D eigenvalue weighted by Gasteiger charge is -2.08. The van der Waals surface area contributed by atoms with E-state index in [-0.39, 0.29) is 17.0 Å². The zero-order valence-corrected chi connectivity index (χ0v) is 13.3. The second-order valence-corrected chi connectivity index (χ2v) is 6.55. The standard InChI is InChI=1S/C15H15N3O5S/c19-14(20)10-17-15(21)12-3-5-13(6-4-12)24(22,23)18-9-11-2-1-7-16-8-11/h1-8,18H,9-10H2,(H,17,21)(H,19,20). The van der Waals surface area contributed by atoms with Gasteiger partial charge in [-0.2, -0.15) is 0 Å². The number of rotatable bonds is 7. The molecule has 0 aliphatic carbocycles. The van der Waals surface area contributed by atoms with Crippen molar-refractivity contribution in [3.63, 3.8) is 0 Å². The maximum Gasteiger partial charge on any atom is 0.322 e. The number of benzene rings is 1. The maximum atomic E-state index is 12.2. The van der Waals surface area contributed by atoms with Crippen LogP contribution in [0, 0.1) is 0 Å². The van der Waals surface area contributed by atoms with Crippen LogP contribution in [0.5, 0.6) is 0 Å². The quantitative estimate of drug-likeness (QED) is 0.663. The van der Waals surface area contributed by atoms with Gasteiger partial charge in [-0.25, -0.2) is 13.1 Å². The summed E-state index contributed by atoms with van der Waals surface area (Å²) in [6.45, 7) is -0.414. The van der Waals surface area contributed by atoms with Gasteiger partial charge in [0.2, 0.25) is 10.0 Å². The number of nitrogens with zero attached hydrogens (tertiary/aromatic N) is 1. The summed E-state index contributed by atoms with van der Waals surface area (Å²) >= 11 is 0. The lowest BCUT2D eigenvalue weighted by molar-refractivity contribution is -0.135. The van der Waals surface area contributed by atoms with Gasteiger partial charge in [0.1, 0.15) is 6.54 Å². The predicted molar refractivity (Wildman–Crippen MR) is 84.7 cm³/mol. The molecule has 1 heterocycles. The molecule has 0 unspecified atom stereocenters. The zero-order valence-electron chi connectivity index (χ0n) is 12.5. The molecule has 126 valence electrons. The Bertz CT molecular complexity index is 820. The molecule has 2 aromatic rings. The van der Waals surface area contributed by atoms with Gasteiger partial charge in [-0.05, 0) is 35.9 Å². The number of carbonyl (C=O) groups excluding carboxylic acids is 1. The molecular weight excluding hydrogens is 334 g/mol. The van der Waals surface area contributed by atoms with E-state index < -0.39 is 28.4 Å². The number of aliphatic carboxylic acids is 1. The van der Waals surface area contributed by atoms with Crippen LogP contribution < -0.4 is 10.0 Å². The van der Waals surface area contributed by atoms with Crippen LogP contribution in [0.2, 0.25) is 0 Å². The highest BCUT2D eigenvalue weighted by Gasteiger charge is 2.15. The van der Waals surface area contributed by atoms with E-state index in [1.54, 1.807) is 24.5 Å². The molecule has 1 aromatic heterocycles. The van der Waals surface area contributed by atoms with E-state index in [2.05, 4.69) is 15.0 Å². The fourth-order valence-electron chi connectivity index (χ4n) is 1.81. The first-order valence-corrected chi connectivity index (χ1v) is 8.35. The topological polar surface area (TPSA) is 125 Å². The van der Waals surface area contributed by atoms with Crippen molar-refractivity contribution in [2.24, 2.45) is 0 Å². The van der Waals surface area contributed by atoms with E-state index in [9.17, 15) is 18.0 Å². The molecule has 9 heteroatoms. The van der Waals surface area contributed by atoms with Crippen molar-refractivity contribution < 1.29 is 23.1 Å². The molecule has 0 fully saturated rings. The molecule has 0 spiro atoms. The Balaban J connectivity index is 2.03. The van der Waals surface area contributed by atoms with Crippen molar-refractivity contribution in [1.29, 1.82) is 0 Å². The van der Waals surface area contributed by atoms with Gasteiger partial charge in [0.05, 0.1) is 4.90 Å². The molecule has 0 radical (unpaired) electrons. The number of carboxylic acids is 1. The first-order chi connectivity index (χ1) is 11.4. The first-order valence-electron chi connectivity index (χ1n) is 6.87. The third-order valence-electron chi connectivity index (χ3n) is 3.02. The van der Waals surface area contributed by atoms with Gasteiger partial charge in [0.15, 0.2) is 0 Å². The van der Waals surface area contributed by atoms with Gasteiger partial charge in [0.25, 0.3) is 5.91 Å². The number of hydrogen-bond acceptors (Lipinski definition) is 5. The van der Waals surface area contributed by atoms with E-state index in [4.69, 9.17) is 5.11 Å². The summed E-state index contributed by atoms with van der Waals surface area (Å²) in [5.41, 5.74) is 0.883. The monoisotopic (exact) mass is 349 g/mol. The minimum atomic E-state index is -3.73. The molecule has 24 heavy (non-hydrogen) atoms. The van der Waals surface area contributed by atoms with Crippen LogP contribution in [0.15, 0.2) is 53.7 Å². The third kappa shape index (κ3) is 4.86. The second kappa shape index (κ2) is 7.66. The van der Waals surface area contributed by atoms with Gasteiger partial charge < -0.3 is 10.4 Å². The summed E-state index contributed by atoms with van der Waals surface area (Å²) in [5, 5.41) is 10.7. The Labute approximate surface area is 138 Å². The minimum absolute atomic E-state index is 0.00109. The van der Waals surface area contributed by atoms with Crippen molar-refractivity contribution >= 4 is 21.9 Å². The van der Waals surface area contributed by atoms with Gasteiger partial charge in [-0.3, -0.25) is 14.6 Å². The lowest BCUT2D eigenvalue weighted by atomic mass is 10.2. The zero-order chi connectivity index (χ0) is 17.6. The van der Waals surface area contributed by atoms with Crippen LogP contribution >= 0.6 is 0 Å². The number of hydrogen-bond donors (Lipinski definition) is 3. The molecule has 0 bridgehead atoms. The normalized spacial score (nSPS) is 11.0. The average molecular weight is 349 g/mol. The Morgan fingerprint density at radius 1 is 1.12 bits per heavy atom. The molecule has 1 amide bonds. The summed E-state index contributed by atoms with van der Waals surface area (Å²) in [6, 6.07) is 8.63. The lowest BCUT2D eigenvalue weighted by Crippen LogP contribution is -2.29. The molecule has 0 saturated heterocycles. The van der Waals surface area contributed by atoms with Crippen LogP contribution in [-0.2, 0) is 21.4 Å². The number of carboxylic acid groups (broad SMARTS) is 1. The van der Waals surface area contributed by atoms with Crippen molar-refractivity contribution in [2.75, 3.05) is 6.54 Å². The van der Waals surface area contributed by atoms with Crippen molar-refractivity contribution in [3.05, 3.63) is 59.9 Å². The van der Waals surface area contributed by atoms with Crippen LogP contribution in [-0.4, -0.2) is 36.9 Å². The first kappa shape index (κ1) is 17.6. The molecule has 8 nitrogen and oxygen atoms in total. The molecule has 0 atom stereocenters. The molecule has 0 saturated carbocycles. The summed E-state index contributed by atoms with van der Waals surface area (Å²) in [6.07, 6.45) is 3.14. The molecule has 0 aliphatic rings. The number of carbonyl (C=O) groups is 2. The highest BCUT2D eigenvalue weighted by molar-refractivity contribution is 7.89. The molecule has 2 rings (SSSR count). The van der Waals surface area contributed by atoms with Crippen molar-refractivity contribution in [3.8, 4) is 0 Å². The van der Waals surface area contributed by atoms with Crippen molar-refractivity contribution in [1.82, 2.24) is 15.0 Å². The second-order valence-electron chi connectivity index (χ2n) is 4.79. The molecule has 3 N–H and O–H groups in total. The van der Waals surface area contributed by atoms with E-state index in [0.717, 1.165) is 0 Å². The van der Waals surface area contributed by atoms with E-state index in [1.165, 1.54) is 24.3 Å². The van der Waals surface area contributed by atoms with E-state index in [0.29, 0.717) is 5.56 Å². The van der Waals surface area contributed by atoms with E-state index >= 15 is 0 Å². The molecule has 0 aliphatic heterocycles. The summed E-state index contributed by atoms with van der Waals surface area (Å²) in [5.74, 6) is -1.76. The number of pyridine rings is 1. The van der Waals surface area contributed by atoms with Crippen LogP contribution in [0.25, 0.3) is 0 Å². The maximum absolute atomic E-state index is 12.2. The summed E-state index contributed by atoms with van der Waals surface area (Å²) in [7, 11) is -3.73. The van der Waals surface area contributed by atoms with Crippen LogP contribution in [0.3, 0.4) is 0 Å². The third-order valence-corrected chi connectivity index (χ3v) is 4.43. The largest absolute Gasteiger partial charge is 0.480 e. The predicted octanol–water partition coefficient (Wildman–Crippen LogP) is 0.375. The summed E-state index contributed by atoms with van der Waals surface area (Å²) < 4.78 is 26.8. The van der Waals surface area contributed by atoms with E-state index in [1.807, 2.05) is 0 Å². The van der Waals surface area contributed by atoms with Gasteiger partial charge in [-0.15, -0.1) is 0 Å². The Kier molecular flexibility index (Phi) is 5.61. The smallest absolute Gasteiger partial charge is 0.322 e. The molecule has 1 aromatic carbocycles. The minimum Gasteiger partial charge on any atom is -0.480 e. The highest BCUT2D eigenvalue weighted by atomic mass is 32.2. The van der Waals surface area contributed by atoms with Gasteiger partial charge in [0, 0.05) is 24.5 Å². The highest BCUT2D eigenvalue weighted by Crippen LogP contribution is 2.11. The number of nitrogens with one attached hydrogen (secondary N) is 2. The number of amides is 1. The Morgan fingerprint density at radius 3 is 2.42 bits per heavy atom. The van der Waals surface area contributed by atoms with Crippen LogP contribution in [0.4, 0.5) is 0 Å². The van der Waals surface area contributed by atoms with Crippen molar-refractivity contribution in [2.45, 2.75) is 11.4 Å². The van der Waals surface area contributed by atoms with Crippen LogP contribution in [0.1, 0.15) is 15.9 Å². The Hall–Kier alpha value is -2.78. The molecular formula is C15H15N3O5S. The van der Waals surface area contributed by atoms with Gasteiger partial charge >= 0.3 is 5.97 Å². The summed E-state index contributed by atoms with van der Waals surface area (Å²) in [4.78, 5) is 26.0. The fourth-order valence-corrected chi connectivity index (χ4v) is 2.83. The number of aromatic nitrogens is 1. The number of sulfonamides is 1.